The van der Waals surface area contributed by atoms with Gasteiger partial charge in [0.1, 0.15) is 5.69 Å². The quantitative estimate of drug-likeness (QED) is 0.847. The van der Waals surface area contributed by atoms with Crippen LogP contribution in [0.1, 0.15) is 53.1 Å². The third-order valence-electron chi connectivity index (χ3n) is 3.87. The highest BCUT2D eigenvalue weighted by molar-refractivity contribution is 5.92. The van der Waals surface area contributed by atoms with E-state index in [1.54, 1.807) is 7.11 Å². The molecule has 0 aliphatic heterocycles. The molecule has 0 aromatic carbocycles. The van der Waals surface area contributed by atoms with Crippen molar-refractivity contribution in [2.75, 3.05) is 13.7 Å². The molecule has 7 nitrogen and oxygen atoms in total. The van der Waals surface area contributed by atoms with Crippen LogP contribution in [0.2, 0.25) is 0 Å². The van der Waals surface area contributed by atoms with Crippen LogP contribution in [0, 0.1) is 0 Å². The summed E-state index contributed by atoms with van der Waals surface area (Å²) in [5.74, 6) is -1.54. The van der Waals surface area contributed by atoms with E-state index in [1.807, 2.05) is 0 Å². The predicted octanol–water partition coefficient (Wildman–Crippen LogP) is 1.25. The molecule has 114 valence electrons. The second-order valence-electron chi connectivity index (χ2n) is 5.22. The van der Waals surface area contributed by atoms with Gasteiger partial charge in [0.25, 0.3) is 5.91 Å². The highest BCUT2D eigenvalue weighted by atomic mass is 16.5. The predicted molar refractivity (Wildman–Crippen MR) is 74.1 cm³/mol. The molecule has 1 aromatic heterocycles. The van der Waals surface area contributed by atoms with Crippen LogP contribution in [0.3, 0.4) is 0 Å². The number of nitrogens with one attached hydrogen (secondary N) is 1. The molecule has 0 unspecified atom stereocenters. The Bertz CT molecular complexity index is 509. The summed E-state index contributed by atoms with van der Waals surface area (Å²) in [6.07, 6.45) is 7.47. The molecule has 0 radical (unpaired) electrons. The van der Waals surface area contributed by atoms with Crippen molar-refractivity contribution in [3.8, 4) is 0 Å². The van der Waals surface area contributed by atoms with Crippen LogP contribution in [0.15, 0.2) is 12.4 Å². The van der Waals surface area contributed by atoms with Crippen molar-refractivity contribution in [2.45, 2.75) is 37.7 Å². The number of aromatic carboxylic acids is 1. The first-order chi connectivity index (χ1) is 10.1. The molecule has 2 rings (SSSR count). The number of hydrogen-bond donors (Lipinski definition) is 2. The normalized spacial score (nSPS) is 17.2. The minimum absolute atomic E-state index is 0.0991. The Morgan fingerprint density at radius 2 is 1.86 bits per heavy atom. The highest BCUT2D eigenvalue weighted by Crippen LogP contribution is 2.30. The lowest BCUT2D eigenvalue weighted by molar-refractivity contribution is -0.0364. The summed E-state index contributed by atoms with van der Waals surface area (Å²) >= 11 is 0. The van der Waals surface area contributed by atoms with Gasteiger partial charge in [0.15, 0.2) is 5.69 Å². The Morgan fingerprint density at radius 3 is 2.38 bits per heavy atom. The fourth-order valence-corrected chi connectivity index (χ4v) is 2.54. The van der Waals surface area contributed by atoms with Crippen LogP contribution in [-0.2, 0) is 4.74 Å². The first-order valence-electron chi connectivity index (χ1n) is 6.95. The van der Waals surface area contributed by atoms with Crippen molar-refractivity contribution in [3.63, 3.8) is 0 Å². The van der Waals surface area contributed by atoms with Crippen LogP contribution >= 0.6 is 0 Å². The average Bonchev–Trinajstić information content (AvgIpc) is 2.53. The van der Waals surface area contributed by atoms with E-state index in [4.69, 9.17) is 9.84 Å². The first-order valence-corrected chi connectivity index (χ1v) is 6.95. The van der Waals surface area contributed by atoms with Crippen molar-refractivity contribution in [3.05, 3.63) is 23.8 Å². The third-order valence-corrected chi connectivity index (χ3v) is 3.87. The van der Waals surface area contributed by atoms with Crippen LogP contribution in [0.5, 0.6) is 0 Å². The molecule has 2 N–H and O–H groups in total. The summed E-state index contributed by atoms with van der Waals surface area (Å²) in [4.78, 5) is 30.2. The molecular weight excluding hydrogens is 274 g/mol. The molecular formula is C14H19N3O4. The second-order valence-corrected chi connectivity index (χ2v) is 5.22. The number of carboxylic acids is 1. The number of carbonyl (C=O) groups excluding carboxylic acids is 1. The van der Waals surface area contributed by atoms with Gasteiger partial charge >= 0.3 is 5.97 Å². The van der Waals surface area contributed by atoms with E-state index in [2.05, 4.69) is 15.3 Å². The van der Waals surface area contributed by atoms with Gasteiger partial charge in [0.05, 0.1) is 18.0 Å². The maximum absolute atomic E-state index is 12.0. The zero-order chi connectivity index (χ0) is 15.3. The van der Waals surface area contributed by atoms with E-state index in [0.717, 1.165) is 31.9 Å². The van der Waals surface area contributed by atoms with Gasteiger partial charge in [-0.2, -0.15) is 0 Å². The molecule has 21 heavy (non-hydrogen) atoms. The van der Waals surface area contributed by atoms with Gasteiger partial charge in [-0.3, -0.25) is 4.79 Å². The van der Waals surface area contributed by atoms with Crippen molar-refractivity contribution < 1.29 is 19.4 Å². The van der Waals surface area contributed by atoms with E-state index in [1.165, 1.54) is 12.6 Å². The molecule has 0 atom stereocenters. The van der Waals surface area contributed by atoms with Crippen molar-refractivity contribution in [1.29, 1.82) is 0 Å². The van der Waals surface area contributed by atoms with Gasteiger partial charge < -0.3 is 15.2 Å². The standard InChI is InChI=1S/C14H19N3O4/c1-21-14(5-3-2-4-6-14)9-17-12(18)10-7-16-11(8-15-10)13(19)20/h7-8H,2-6,9H2,1H3,(H,17,18)(H,19,20). The zero-order valence-corrected chi connectivity index (χ0v) is 12.0. The Morgan fingerprint density at radius 1 is 1.24 bits per heavy atom. The summed E-state index contributed by atoms with van der Waals surface area (Å²) in [6, 6.07) is 0. The molecule has 0 spiro atoms. The molecule has 1 amide bonds. The van der Waals surface area contributed by atoms with Gasteiger partial charge in [-0.25, -0.2) is 14.8 Å². The molecule has 1 aliphatic carbocycles. The number of rotatable bonds is 5. The Labute approximate surface area is 122 Å². The average molecular weight is 293 g/mol. The number of ether oxygens (including phenoxy) is 1. The lowest BCUT2D eigenvalue weighted by Gasteiger charge is -2.36. The van der Waals surface area contributed by atoms with Crippen molar-refractivity contribution in [1.82, 2.24) is 15.3 Å². The Kier molecular flexibility index (Phi) is 4.85. The topological polar surface area (TPSA) is 101 Å². The lowest BCUT2D eigenvalue weighted by Crippen LogP contribution is -2.45. The molecule has 1 fully saturated rings. The van der Waals surface area contributed by atoms with E-state index in [0.29, 0.717) is 6.54 Å². The number of methoxy groups -OCH3 is 1. The number of carboxylic acid groups (broad SMARTS) is 1. The number of hydrogen-bond acceptors (Lipinski definition) is 5. The van der Waals surface area contributed by atoms with Gasteiger partial charge in [0.2, 0.25) is 0 Å². The maximum Gasteiger partial charge on any atom is 0.356 e. The largest absolute Gasteiger partial charge is 0.476 e. The molecule has 1 aromatic rings. The molecule has 1 aliphatic rings. The van der Waals surface area contributed by atoms with Gasteiger partial charge in [-0.05, 0) is 12.8 Å². The van der Waals surface area contributed by atoms with Crippen LogP contribution < -0.4 is 5.32 Å². The molecule has 0 saturated heterocycles. The zero-order valence-electron chi connectivity index (χ0n) is 12.0. The second kappa shape index (κ2) is 6.62. The van der Waals surface area contributed by atoms with Gasteiger partial charge in [0, 0.05) is 13.7 Å². The fourth-order valence-electron chi connectivity index (χ4n) is 2.54. The molecule has 0 bridgehead atoms. The van der Waals surface area contributed by atoms with Crippen molar-refractivity contribution in [2.24, 2.45) is 0 Å². The van der Waals surface area contributed by atoms with E-state index >= 15 is 0 Å². The molecule has 7 heteroatoms. The number of carbonyl (C=O) groups is 2. The van der Waals surface area contributed by atoms with E-state index in [-0.39, 0.29) is 22.9 Å². The van der Waals surface area contributed by atoms with E-state index in [9.17, 15) is 9.59 Å². The number of amides is 1. The number of aromatic nitrogens is 2. The summed E-state index contributed by atoms with van der Waals surface area (Å²) in [5.41, 5.74) is -0.392. The first kappa shape index (κ1) is 15.4. The summed E-state index contributed by atoms with van der Waals surface area (Å²) in [7, 11) is 1.67. The SMILES string of the molecule is COC1(CNC(=O)c2cnc(C(=O)O)cn2)CCCCC1. The fraction of sp³-hybridized carbons (Fsp3) is 0.571. The lowest BCUT2D eigenvalue weighted by atomic mass is 9.84. The maximum atomic E-state index is 12.0. The monoisotopic (exact) mass is 293 g/mol. The highest BCUT2D eigenvalue weighted by Gasteiger charge is 2.32. The Balaban J connectivity index is 1.96. The Hall–Kier alpha value is -2.02. The summed E-state index contributed by atoms with van der Waals surface area (Å²) < 4.78 is 5.59. The molecule has 1 saturated carbocycles. The van der Waals surface area contributed by atoms with Crippen LogP contribution in [0.25, 0.3) is 0 Å². The van der Waals surface area contributed by atoms with E-state index < -0.39 is 5.97 Å². The molecule has 1 heterocycles. The third kappa shape index (κ3) is 3.75. The summed E-state index contributed by atoms with van der Waals surface area (Å²) in [5, 5.41) is 11.5. The smallest absolute Gasteiger partial charge is 0.356 e. The van der Waals surface area contributed by atoms with Gasteiger partial charge in [-0.15, -0.1) is 0 Å². The van der Waals surface area contributed by atoms with Gasteiger partial charge in [-0.1, -0.05) is 19.3 Å². The van der Waals surface area contributed by atoms with Crippen LogP contribution in [0.4, 0.5) is 0 Å². The minimum Gasteiger partial charge on any atom is -0.476 e. The summed E-state index contributed by atoms with van der Waals surface area (Å²) in [6.45, 7) is 0.421. The van der Waals surface area contributed by atoms with Crippen LogP contribution in [-0.4, -0.2) is 46.2 Å². The number of nitrogens with zero attached hydrogens (tertiary/aromatic N) is 2. The minimum atomic E-state index is -1.17. The van der Waals surface area contributed by atoms with Crippen molar-refractivity contribution >= 4 is 11.9 Å².